The van der Waals surface area contributed by atoms with Crippen molar-refractivity contribution in [1.29, 1.82) is 0 Å². The van der Waals surface area contributed by atoms with Gasteiger partial charge in [-0.3, -0.25) is 14.4 Å². The van der Waals surface area contributed by atoms with Crippen LogP contribution in [0.3, 0.4) is 0 Å². The van der Waals surface area contributed by atoms with Crippen LogP contribution in [0.4, 0.5) is 0 Å². The van der Waals surface area contributed by atoms with Crippen molar-refractivity contribution in [1.82, 2.24) is 0 Å². The molecule has 0 fully saturated rings. The first-order chi connectivity index (χ1) is 9.58. The molecule has 0 rings (SSSR count). The summed E-state index contributed by atoms with van der Waals surface area (Å²) in [7, 11) is 0. The number of carbonyl (C=O) groups excluding carboxylic acids is 3. The number of unbranched alkanes of at least 4 members (excludes halogenated alkanes) is 4. The minimum absolute atomic E-state index is 0.0262. The second-order valence-electron chi connectivity index (χ2n) is 5.51. The van der Waals surface area contributed by atoms with Gasteiger partial charge in [0, 0.05) is 12.8 Å². The third-order valence-electron chi connectivity index (χ3n) is 3.61. The molecule has 0 radical (unpaired) electrons. The van der Waals surface area contributed by atoms with Gasteiger partial charge in [0.1, 0.15) is 5.78 Å². The molecule has 1 atom stereocenters. The first-order valence-electron chi connectivity index (χ1n) is 8.18. The molecule has 0 heterocycles. The van der Waals surface area contributed by atoms with E-state index >= 15 is 0 Å². The van der Waals surface area contributed by atoms with E-state index in [1.165, 1.54) is 0 Å². The fraction of sp³-hybridized carbons (Fsp3) is 0.824. The van der Waals surface area contributed by atoms with Crippen LogP contribution >= 0.6 is 0 Å². The summed E-state index contributed by atoms with van der Waals surface area (Å²) in [5.74, 6) is -1.48. The highest BCUT2D eigenvalue weighted by Gasteiger charge is 2.29. The molecular weight excluding hydrogens is 252 g/mol. The molecule has 0 aromatic rings. The van der Waals surface area contributed by atoms with Gasteiger partial charge in [0.2, 0.25) is 5.78 Å². The maximum absolute atomic E-state index is 12.2. The Bertz CT molecular complexity index is 307. The quantitative estimate of drug-likeness (QED) is 0.288. The van der Waals surface area contributed by atoms with Gasteiger partial charge in [0.05, 0.1) is 5.92 Å². The number of hydrogen-bond donors (Lipinski definition) is 0. The molecule has 0 amide bonds. The molecule has 0 bridgehead atoms. The average Bonchev–Trinajstić information content (AvgIpc) is 2.45. The van der Waals surface area contributed by atoms with Crippen molar-refractivity contribution in [3.05, 3.63) is 0 Å². The van der Waals surface area contributed by atoms with Crippen molar-refractivity contribution in [2.75, 3.05) is 0 Å². The van der Waals surface area contributed by atoms with Crippen molar-refractivity contribution in [3.8, 4) is 0 Å². The normalized spacial score (nSPS) is 12.2. The Hall–Kier alpha value is -0.990. The minimum Gasteiger partial charge on any atom is -0.299 e. The topological polar surface area (TPSA) is 51.2 Å². The van der Waals surface area contributed by atoms with E-state index in [0.29, 0.717) is 19.3 Å². The molecule has 0 aromatic carbocycles. The summed E-state index contributed by atoms with van der Waals surface area (Å²) in [6, 6.07) is 0. The monoisotopic (exact) mass is 282 g/mol. The lowest BCUT2D eigenvalue weighted by atomic mass is 9.87. The number of hydrogen-bond acceptors (Lipinski definition) is 3. The molecule has 1 unspecified atom stereocenters. The van der Waals surface area contributed by atoms with Crippen molar-refractivity contribution in [3.63, 3.8) is 0 Å². The van der Waals surface area contributed by atoms with Crippen molar-refractivity contribution in [2.45, 2.75) is 85.0 Å². The van der Waals surface area contributed by atoms with Crippen LogP contribution < -0.4 is 0 Å². The zero-order valence-corrected chi connectivity index (χ0v) is 13.4. The van der Waals surface area contributed by atoms with Crippen molar-refractivity contribution in [2.24, 2.45) is 5.92 Å². The summed E-state index contributed by atoms with van der Waals surface area (Å²) < 4.78 is 0. The number of Topliss-reactive ketones (excluding diaryl/α,β-unsaturated/α-hetero) is 3. The summed E-state index contributed by atoms with van der Waals surface area (Å²) >= 11 is 0. The van der Waals surface area contributed by atoms with Gasteiger partial charge in [-0.1, -0.05) is 52.9 Å². The van der Waals surface area contributed by atoms with Crippen LogP contribution in [0.2, 0.25) is 0 Å². The fourth-order valence-electron chi connectivity index (χ4n) is 2.22. The van der Waals surface area contributed by atoms with Gasteiger partial charge < -0.3 is 0 Å². The maximum atomic E-state index is 12.2. The molecule has 0 aliphatic carbocycles. The molecule has 0 spiro atoms. The number of carbonyl (C=O) groups is 3. The highest BCUT2D eigenvalue weighted by molar-refractivity contribution is 6.41. The molecule has 0 aromatic heterocycles. The van der Waals surface area contributed by atoms with Gasteiger partial charge in [-0.2, -0.15) is 0 Å². The first kappa shape index (κ1) is 19.0. The van der Waals surface area contributed by atoms with Crippen molar-refractivity contribution >= 4 is 17.3 Å². The first-order valence-corrected chi connectivity index (χ1v) is 8.18. The average molecular weight is 282 g/mol. The Balaban J connectivity index is 4.55. The highest BCUT2D eigenvalue weighted by Crippen LogP contribution is 2.17. The van der Waals surface area contributed by atoms with E-state index in [1.54, 1.807) is 0 Å². The van der Waals surface area contributed by atoms with Gasteiger partial charge >= 0.3 is 0 Å². The van der Waals surface area contributed by atoms with Crippen molar-refractivity contribution < 1.29 is 14.4 Å². The third kappa shape index (κ3) is 7.56. The zero-order chi connectivity index (χ0) is 15.4. The predicted octanol–water partition coefficient (Wildman–Crippen LogP) is 4.27. The third-order valence-corrected chi connectivity index (χ3v) is 3.61. The second kappa shape index (κ2) is 11.8. The molecule has 116 valence electrons. The van der Waals surface area contributed by atoms with E-state index in [4.69, 9.17) is 0 Å². The van der Waals surface area contributed by atoms with Crippen LogP contribution in [0.15, 0.2) is 0 Å². The smallest absolute Gasteiger partial charge is 0.208 e. The molecule has 0 saturated heterocycles. The molecule has 3 nitrogen and oxygen atoms in total. The number of ketones is 3. The summed E-state index contributed by atoms with van der Waals surface area (Å²) in [5.41, 5.74) is 0. The molecule has 20 heavy (non-hydrogen) atoms. The number of rotatable bonds is 13. The van der Waals surface area contributed by atoms with Crippen LogP contribution in [0, 0.1) is 5.92 Å². The van der Waals surface area contributed by atoms with Gasteiger partial charge in [-0.25, -0.2) is 0 Å². The Morgan fingerprint density at radius 2 is 1.35 bits per heavy atom. The van der Waals surface area contributed by atoms with Gasteiger partial charge in [-0.05, 0) is 19.3 Å². The van der Waals surface area contributed by atoms with E-state index in [-0.39, 0.29) is 11.6 Å². The minimum atomic E-state index is -0.670. The van der Waals surface area contributed by atoms with E-state index < -0.39 is 11.7 Å². The molecule has 0 saturated carbocycles. The van der Waals surface area contributed by atoms with Gasteiger partial charge in [0.15, 0.2) is 5.78 Å². The van der Waals surface area contributed by atoms with E-state index in [9.17, 15) is 14.4 Å². The summed E-state index contributed by atoms with van der Waals surface area (Å²) in [4.78, 5) is 36.2. The molecule has 0 aliphatic rings. The standard InChI is InChI=1S/C17H30O3/c1-4-7-10-13-15(18)14(11-8-5-2)17(20)16(19)12-9-6-3/h14H,4-13H2,1-3H3. The van der Waals surface area contributed by atoms with E-state index in [1.807, 2.05) is 13.8 Å². The van der Waals surface area contributed by atoms with E-state index in [0.717, 1.165) is 44.9 Å². The Labute approximate surface area is 123 Å². The van der Waals surface area contributed by atoms with Crippen LogP contribution in [-0.2, 0) is 14.4 Å². The molecule has 3 heteroatoms. The summed E-state index contributed by atoms with van der Waals surface area (Å²) in [6.07, 6.45) is 7.55. The molecular formula is C17H30O3. The van der Waals surface area contributed by atoms with Crippen LogP contribution in [0.25, 0.3) is 0 Å². The van der Waals surface area contributed by atoms with Crippen LogP contribution in [0.1, 0.15) is 85.0 Å². The highest BCUT2D eigenvalue weighted by atomic mass is 16.2. The molecule has 0 N–H and O–H groups in total. The second-order valence-corrected chi connectivity index (χ2v) is 5.51. The van der Waals surface area contributed by atoms with Gasteiger partial charge in [0.25, 0.3) is 0 Å². The predicted molar refractivity (Wildman–Crippen MR) is 81.7 cm³/mol. The fourth-order valence-corrected chi connectivity index (χ4v) is 2.22. The Morgan fingerprint density at radius 3 is 1.90 bits per heavy atom. The SMILES string of the molecule is CCCCCC(=O)C(CCCC)C(=O)C(=O)CCCC. The van der Waals surface area contributed by atoms with Gasteiger partial charge in [-0.15, -0.1) is 0 Å². The Morgan fingerprint density at radius 1 is 0.750 bits per heavy atom. The summed E-state index contributed by atoms with van der Waals surface area (Å²) in [6.45, 7) is 6.10. The lowest BCUT2D eigenvalue weighted by Crippen LogP contribution is -2.30. The molecule has 0 aliphatic heterocycles. The lowest BCUT2D eigenvalue weighted by molar-refractivity contribution is -0.143. The van der Waals surface area contributed by atoms with E-state index in [2.05, 4.69) is 6.92 Å². The Kier molecular flexibility index (Phi) is 11.2. The summed E-state index contributed by atoms with van der Waals surface area (Å²) in [5, 5.41) is 0. The largest absolute Gasteiger partial charge is 0.299 e. The van der Waals surface area contributed by atoms with Crippen LogP contribution in [0.5, 0.6) is 0 Å². The van der Waals surface area contributed by atoms with Crippen LogP contribution in [-0.4, -0.2) is 17.3 Å². The zero-order valence-electron chi connectivity index (χ0n) is 13.4. The maximum Gasteiger partial charge on any atom is 0.208 e. The lowest BCUT2D eigenvalue weighted by Gasteiger charge is -2.13.